The molecule has 0 amide bonds. The van der Waals surface area contributed by atoms with Crippen LogP contribution in [-0.4, -0.2) is 9.55 Å². The Morgan fingerprint density at radius 2 is 2.11 bits per heavy atom. The van der Waals surface area contributed by atoms with Crippen molar-refractivity contribution in [2.45, 2.75) is 31.8 Å². The van der Waals surface area contributed by atoms with E-state index < -0.39 is 0 Å². The fraction of sp³-hybridized carbons (Fsp3) is 0.357. The molecule has 94 valence electrons. The number of imidazole rings is 1. The Kier molecular flexibility index (Phi) is 3.06. The normalized spacial score (nSPS) is 18.6. The van der Waals surface area contributed by atoms with Crippen molar-refractivity contribution in [3.05, 3.63) is 52.1 Å². The molecule has 0 unspecified atom stereocenters. The fourth-order valence-corrected chi connectivity index (χ4v) is 3.20. The van der Waals surface area contributed by atoms with Crippen molar-refractivity contribution < 1.29 is 0 Å². The molecule has 1 aliphatic carbocycles. The number of fused-ring (bicyclic) bond motifs is 1. The van der Waals surface area contributed by atoms with Crippen LogP contribution in [0, 0.1) is 4.77 Å². The predicted octanol–water partition coefficient (Wildman–Crippen LogP) is 2.73. The van der Waals surface area contributed by atoms with Crippen molar-refractivity contribution in [2.24, 2.45) is 5.73 Å². The molecule has 3 nitrogen and oxygen atoms in total. The maximum atomic E-state index is 5.78. The summed E-state index contributed by atoms with van der Waals surface area (Å²) in [6.07, 6.45) is 5.24. The lowest BCUT2D eigenvalue weighted by Crippen LogP contribution is -2.21. The summed E-state index contributed by atoms with van der Waals surface area (Å²) in [5.74, 6) is 0. The average Bonchev–Trinajstić information content (AvgIpc) is 2.79. The van der Waals surface area contributed by atoms with E-state index in [-0.39, 0.29) is 0 Å². The van der Waals surface area contributed by atoms with E-state index in [2.05, 4.69) is 33.8 Å². The molecule has 3 rings (SSSR count). The third-order valence-corrected chi connectivity index (χ3v) is 4.10. The number of benzene rings is 1. The number of aromatic nitrogens is 2. The van der Waals surface area contributed by atoms with Crippen molar-refractivity contribution in [3.63, 3.8) is 0 Å². The molecule has 0 saturated carbocycles. The molecular weight excluding hydrogens is 242 g/mol. The summed E-state index contributed by atoms with van der Waals surface area (Å²) in [6, 6.07) is 9.12. The van der Waals surface area contributed by atoms with Crippen LogP contribution in [-0.2, 0) is 19.4 Å². The Hall–Kier alpha value is -1.39. The fourth-order valence-electron chi connectivity index (χ4n) is 2.87. The van der Waals surface area contributed by atoms with Gasteiger partial charge in [-0.25, -0.2) is 0 Å². The first-order valence-corrected chi connectivity index (χ1v) is 6.76. The number of nitrogens with one attached hydrogen (secondary N) is 1. The standard InChI is InChI=1S/C14H17N3S/c15-8-13-9-16-14(18)17(13)12-6-5-10-3-1-2-4-11(10)7-12/h1-4,9,12H,5-8,15H2,(H,16,18)/t12-/m0/s1. The molecule has 0 aliphatic heterocycles. The Bertz CT molecular complexity index is 611. The maximum Gasteiger partial charge on any atom is 0.177 e. The number of aromatic amines is 1. The number of hydrogen-bond donors (Lipinski definition) is 2. The Morgan fingerprint density at radius 1 is 1.33 bits per heavy atom. The first-order chi connectivity index (χ1) is 8.79. The van der Waals surface area contributed by atoms with Gasteiger partial charge in [0.2, 0.25) is 0 Å². The number of hydrogen-bond acceptors (Lipinski definition) is 2. The number of nitrogens with two attached hydrogens (primary N) is 1. The minimum atomic E-state index is 0.442. The van der Waals surface area contributed by atoms with Crippen molar-refractivity contribution in [3.8, 4) is 0 Å². The monoisotopic (exact) mass is 259 g/mol. The van der Waals surface area contributed by atoms with Crippen molar-refractivity contribution in [1.82, 2.24) is 9.55 Å². The largest absolute Gasteiger partial charge is 0.337 e. The summed E-state index contributed by atoms with van der Waals surface area (Å²) >= 11 is 5.37. The van der Waals surface area contributed by atoms with E-state index in [1.165, 1.54) is 11.1 Å². The average molecular weight is 259 g/mol. The molecule has 1 aromatic heterocycles. The smallest absolute Gasteiger partial charge is 0.177 e. The van der Waals surface area contributed by atoms with Gasteiger partial charge in [0.1, 0.15) is 0 Å². The minimum Gasteiger partial charge on any atom is -0.337 e. The molecule has 1 atom stereocenters. The van der Waals surface area contributed by atoms with Gasteiger partial charge in [-0.05, 0) is 42.6 Å². The van der Waals surface area contributed by atoms with E-state index in [0.29, 0.717) is 12.6 Å². The first kappa shape index (κ1) is 11.7. The second kappa shape index (κ2) is 4.71. The minimum absolute atomic E-state index is 0.442. The molecule has 0 radical (unpaired) electrons. The molecule has 4 heteroatoms. The molecule has 1 heterocycles. The number of H-pyrrole nitrogens is 1. The second-order valence-electron chi connectivity index (χ2n) is 4.82. The lowest BCUT2D eigenvalue weighted by atomic mass is 9.88. The van der Waals surface area contributed by atoms with Crippen LogP contribution in [0.3, 0.4) is 0 Å². The molecule has 0 saturated heterocycles. The van der Waals surface area contributed by atoms with Crippen LogP contribution in [0.15, 0.2) is 30.5 Å². The van der Waals surface area contributed by atoms with Crippen molar-refractivity contribution in [1.29, 1.82) is 0 Å². The molecule has 0 fully saturated rings. The van der Waals surface area contributed by atoms with Gasteiger partial charge in [0.15, 0.2) is 4.77 Å². The van der Waals surface area contributed by atoms with Gasteiger partial charge >= 0.3 is 0 Å². The van der Waals surface area contributed by atoms with Gasteiger partial charge < -0.3 is 15.3 Å². The van der Waals surface area contributed by atoms with Crippen LogP contribution in [0.2, 0.25) is 0 Å². The number of aryl methyl sites for hydroxylation is 1. The van der Waals surface area contributed by atoms with Gasteiger partial charge in [-0.15, -0.1) is 0 Å². The van der Waals surface area contributed by atoms with Gasteiger partial charge in [-0.3, -0.25) is 0 Å². The number of nitrogens with zero attached hydrogens (tertiary/aromatic N) is 1. The molecule has 0 bridgehead atoms. The van der Waals surface area contributed by atoms with Crippen LogP contribution in [0.5, 0.6) is 0 Å². The van der Waals surface area contributed by atoms with Gasteiger partial charge in [0.25, 0.3) is 0 Å². The van der Waals surface area contributed by atoms with E-state index in [4.69, 9.17) is 18.0 Å². The molecule has 2 aromatic rings. The van der Waals surface area contributed by atoms with Crippen LogP contribution in [0.25, 0.3) is 0 Å². The number of rotatable bonds is 2. The second-order valence-corrected chi connectivity index (χ2v) is 5.21. The van der Waals surface area contributed by atoms with E-state index in [0.717, 1.165) is 29.7 Å². The zero-order chi connectivity index (χ0) is 12.5. The Balaban J connectivity index is 1.96. The molecule has 3 N–H and O–H groups in total. The predicted molar refractivity (Wildman–Crippen MR) is 75.0 cm³/mol. The zero-order valence-corrected chi connectivity index (χ0v) is 11.0. The van der Waals surface area contributed by atoms with Crippen LogP contribution >= 0.6 is 12.2 Å². The summed E-state index contributed by atoms with van der Waals surface area (Å²) in [4.78, 5) is 3.11. The third kappa shape index (κ3) is 1.91. The third-order valence-electron chi connectivity index (χ3n) is 3.79. The van der Waals surface area contributed by atoms with E-state index >= 15 is 0 Å². The molecular formula is C14H17N3S. The Labute approximate surface area is 112 Å². The lowest BCUT2D eigenvalue weighted by Gasteiger charge is -2.27. The maximum absolute atomic E-state index is 5.78. The summed E-state index contributed by atoms with van der Waals surface area (Å²) in [5.41, 5.74) is 9.80. The molecule has 0 spiro atoms. The van der Waals surface area contributed by atoms with E-state index in [1.54, 1.807) is 0 Å². The summed E-state index contributed by atoms with van der Waals surface area (Å²) in [5, 5.41) is 0. The lowest BCUT2D eigenvalue weighted by molar-refractivity contribution is 0.427. The SMILES string of the molecule is NCc1c[nH]c(=S)n1[C@H]1CCc2ccccc2C1. The van der Waals surface area contributed by atoms with Crippen LogP contribution < -0.4 is 5.73 Å². The van der Waals surface area contributed by atoms with E-state index in [9.17, 15) is 0 Å². The highest BCUT2D eigenvalue weighted by molar-refractivity contribution is 7.71. The van der Waals surface area contributed by atoms with E-state index in [1.807, 2.05) is 6.20 Å². The summed E-state index contributed by atoms with van der Waals surface area (Å²) in [7, 11) is 0. The molecule has 18 heavy (non-hydrogen) atoms. The highest BCUT2D eigenvalue weighted by Crippen LogP contribution is 2.29. The molecule has 1 aromatic carbocycles. The van der Waals surface area contributed by atoms with Crippen LogP contribution in [0.1, 0.15) is 29.3 Å². The first-order valence-electron chi connectivity index (χ1n) is 6.35. The Morgan fingerprint density at radius 3 is 2.89 bits per heavy atom. The van der Waals surface area contributed by atoms with Crippen molar-refractivity contribution in [2.75, 3.05) is 0 Å². The summed E-state index contributed by atoms with van der Waals surface area (Å²) < 4.78 is 2.99. The highest BCUT2D eigenvalue weighted by Gasteiger charge is 2.21. The van der Waals surface area contributed by atoms with Crippen molar-refractivity contribution >= 4 is 12.2 Å². The highest BCUT2D eigenvalue weighted by atomic mass is 32.1. The van der Waals surface area contributed by atoms with Gasteiger partial charge in [0.05, 0.1) is 5.69 Å². The molecule has 1 aliphatic rings. The zero-order valence-electron chi connectivity index (χ0n) is 10.2. The van der Waals surface area contributed by atoms with Crippen LogP contribution in [0.4, 0.5) is 0 Å². The van der Waals surface area contributed by atoms with Gasteiger partial charge in [-0.1, -0.05) is 24.3 Å². The van der Waals surface area contributed by atoms with Gasteiger partial charge in [-0.2, -0.15) is 0 Å². The topological polar surface area (TPSA) is 46.7 Å². The van der Waals surface area contributed by atoms with Gasteiger partial charge in [0, 0.05) is 18.8 Å². The summed E-state index contributed by atoms with van der Waals surface area (Å²) in [6.45, 7) is 0.533. The quantitative estimate of drug-likeness (QED) is 0.815.